The lowest BCUT2D eigenvalue weighted by molar-refractivity contribution is -0.517. The molecule has 0 amide bonds. The van der Waals surface area contributed by atoms with Crippen molar-refractivity contribution in [1.29, 1.82) is 0 Å². The predicted octanol–water partition coefficient (Wildman–Crippen LogP) is 3.24. The molecule has 1 atom stereocenters. The second-order valence-corrected chi connectivity index (χ2v) is 4.63. The van der Waals surface area contributed by atoms with Gasteiger partial charge in [0, 0.05) is 5.88 Å². The van der Waals surface area contributed by atoms with Gasteiger partial charge in [-0.3, -0.25) is 4.89 Å². The lowest BCUT2D eigenvalue weighted by Gasteiger charge is -2.20. The van der Waals surface area contributed by atoms with Crippen LogP contribution in [0.2, 0.25) is 0 Å². The van der Waals surface area contributed by atoms with Crippen molar-refractivity contribution in [2.24, 2.45) is 5.92 Å². The summed E-state index contributed by atoms with van der Waals surface area (Å²) >= 11 is 5.57. The van der Waals surface area contributed by atoms with Crippen LogP contribution in [0.25, 0.3) is 0 Å². The number of alkyl halides is 1. The lowest BCUT2D eigenvalue weighted by atomic mass is 10.0. The van der Waals surface area contributed by atoms with E-state index in [9.17, 15) is 4.79 Å². The van der Waals surface area contributed by atoms with Gasteiger partial charge in [0.25, 0.3) is 0 Å². The second-order valence-electron chi connectivity index (χ2n) is 4.25. The summed E-state index contributed by atoms with van der Waals surface area (Å²) in [6.45, 7) is 7.54. The molecular formula is C11H21ClO4. The number of hydrogen-bond acceptors (Lipinski definition) is 4. The van der Waals surface area contributed by atoms with Gasteiger partial charge in [-0.1, -0.05) is 13.8 Å². The molecule has 0 spiro atoms. The largest absolute Gasteiger partial charge is 0.348 e. The SMILES string of the molecule is CCC(CCCl)C(=O)OOOC(C)(C)CC. The zero-order chi connectivity index (χ0) is 12.6. The molecule has 0 rings (SSSR count). The Hall–Kier alpha value is -0.320. The predicted molar refractivity (Wildman–Crippen MR) is 61.8 cm³/mol. The number of hydrogen-bond donors (Lipinski definition) is 0. The highest BCUT2D eigenvalue weighted by Crippen LogP contribution is 2.16. The zero-order valence-electron chi connectivity index (χ0n) is 10.4. The molecule has 0 radical (unpaired) electrons. The second kappa shape index (κ2) is 7.87. The average Bonchev–Trinajstić information content (AvgIpc) is 2.25. The van der Waals surface area contributed by atoms with E-state index in [0.29, 0.717) is 18.7 Å². The quantitative estimate of drug-likeness (QED) is 0.378. The average molecular weight is 253 g/mol. The highest BCUT2D eigenvalue weighted by molar-refractivity contribution is 6.17. The third-order valence-corrected chi connectivity index (χ3v) is 2.73. The summed E-state index contributed by atoms with van der Waals surface area (Å²) in [7, 11) is 0. The zero-order valence-corrected chi connectivity index (χ0v) is 11.2. The van der Waals surface area contributed by atoms with Crippen LogP contribution >= 0.6 is 11.6 Å². The first-order chi connectivity index (χ1) is 7.46. The molecule has 0 aliphatic carbocycles. The third-order valence-electron chi connectivity index (χ3n) is 2.51. The van der Waals surface area contributed by atoms with E-state index in [2.05, 4.69) is 9.93 Å². The van der Waals surface area contributed by atoms with Crippen molar-refractivity contribution in [2.75, 3.05) is 5.88 Å². The fourth-order valence-corrected chi connectivity index (χ4v) is 1.15. The van der Waals surface area contributed by atoms with Crippen molar-refractivity contribution in [1.82, 2.24) is 0 Å². The Labute approximate surface area is 102 Å². The van der Waals surface area contributed by atoms with E-state index < -0.39 is 11.6 Å². The molecule has 0 N–H and O–H groups in total. The Morgan fingerprint density at radius 1 is 1.38 bits per heavy atom. The minimum absolute atomic E-state index is 0.231. The van der Waals surface area contributed by atoms with Crippen LogP contribution in [0, 0.1) is 5.92 Å². The Balaban J connectivity index is 3.88. The Morgan fingerprint density at radius 3 is 2.44 bits per heavy atom. The molecule has 0 aliphatic rings. The smallest absolute Gasteiger partial charge is 0.269 e. The molecule has 16 heavy (non-hydrogen) atoms. The molecule has 0 saturated carbocycles. The molecule has 4 nitrogen and oxygen atoms in total. The molecule has 0 bridgehead atoms. The number of rotatable bonds is 8. The van der Waals surface area contributed by atoms with Gasteiger partial charge in [0.15, 0.2) is 0 Å². The van der Waals surface area contributed by atoms with Gasteiger partial charge in [-0.05, 0) is 38.1 Å². The standard InChI is InChI=1S/C11H21ClO4/c1-5-9(7-8-12)10(13)14-16-15-11(3,4)6-2/h9H,5-8H2,1-4H3. The molecular weight excluding hydrogens is 232 g/mol. The molecule has 0 aromatic heterocycles. The van der Waals surface area contributed by atoms with Gasteiger partial charge >= 0.3 is 5.97 Å². The van der Waals surface area contributed by atoms with E-state index in [-0.39, 0.29) is 5.92 Å². The van der Waals surface area contributed by atoms with Gasteiger partial charge in [-0.25, -0.2) is 4.79 Å². The van der Waals surface area contributed by atoms with Crippen molar-refractivity contribution in [3.63, 3.8) is 0 Å². The van der Waals surface area contributed by atoms with Crippen LogP contribution < -0.4 is 0 Å². The van der Waals surface area contributed by atoms with Crippen LogP contribution in [-0.4, -0.2) is 17.5 Å². The summed E-state index contributed by atoms with van der Waals surface area (Å²) < 4.78 is 0. The number of carbonyl (C=O) groups is 1. The maximum absolute atomic E-state index is 11.5. The Bertz CT molecular complexity index is 206. The van der Waals surface area contributed by atoms with Crippen molar-refractivity contribution in [3.8, 4) is 0 Å². The van der Waals surface area contributed by atoms with Crippen molar-refractivity contribution < 1.29 is 19.6 Å². The Kier molecular flexibility index (Phi) is 7.72. The van der Waals surface area contributed by atoms with Crippen molar-refractivity contribution in [3.05, 3.63) is 0 Å². The summed E-state index contributed by atoms with van der Waals surface area (Å²) in [6.07, 6.45) is 2.01. The van der Waals surface area contributed by atoms with Gasteiger partial charge in [-0.2, -0.15) is 4.89 Å². The van der Waals surface area contributed by atoms with Crippen molar-refractivity contribution >= 4 is 17.6 Å². The first kappa shape index (κ1) is 15.7. The van der Waals surface area contributed by atoms with E-state index in [1.54, 1.807) is 0 Å². The van der Waals surface area contributed by atoms with Gasteiger partial charge in [0.05, 0.1) is 5.92 Å². The van der Waals surface area contributed by atoms with E-state index in [4.69, 9.17) is 16.5 Å². The number of halogens is 1. The van der Waals surface area contributed by atoms with Crippen LogP contribution in [0.5, 0.6) is 0 Å². The Morgan fingerprint density at radius 2 is 2.00 bits per heavy atom. The van der Waals surface area contributed by atoms with Crippen molar-refractivity contribution in [2.45, 2.75) is 52.6 Å². The van der Waals surface area contributed by atoms with Gasteiger partial charge < -0.3 is 0 Å². The molecule has 0 aliphatic heterocycles. The van der Waals surface area contributed by atoms with Crippen LogP contribution in [0.4, 0.5) is 0 Å². The molecule has 0 aromatic rings. The van der Waals surface area contributed by atoms with Gasteiger partial charge in [0.1, 0.15) is 5.60 Å². The summed E-state index contributed by atoms with van der Waals surface area (Å²) in [5, 5.41) is 4.49. The van der Waals surface area contributed by atoms with Crippen LogP contribution in [0.1, 0.15) is 47.0 Å². The molecule has 5 heteroatoms. The highest BCUT2D eigenvalue weighted by Gasteiger charge is 2.22. The molecule has 1 unspecified atom stereocenters. The summed E-state index contributed by atoms with van der Waals surface area (Å²) in [4.78, 5) is 21.0. The molecule has 0 aromatic carbocycles. The minimum Gasteiger partial charge on any atom is -0.269 e. The normalized spacial score (nSPS) is 13.6. The third kappa shape index (κ3) is 6.30. The topological polar surface area (TPSA) is 44.8 Å². The first-order valence-electron chi connectivity index (χ1n) is 5.59. The van der Waals surface area contributed by atoms with E-state index in [1.807, 2.05) is 27.7 Å². The molecule has 96 valence electrons. The van der Waals surface area contributed by atoms with E-state index in [0.717, 1.165) is 6.42 Å². The summed E-state index contributed by atoms with van der Waals surface area (Å²) in [5.41, 5.74) is -0.464. The van der Waals surface area contributed by atoms with Crippen LogP contribution in [0.3, 0.4) is 0 Å². The maximum Gasteiger partial charge on any atom is 0.348 e. The fourth-order valence-electron chi connectivity index (χ4n) is 0.890. The molecule has 0 fully saturated rings. The fraction of sp³-hybridized carbons (Fsp3) is 0.909. The minimum atomic E-state index is -0.464. The van der Waals surface area contributed by atoms with Crippen LogP contribution in [-0.2, 0) is 19.6 Å². The summed E-state index contributed by atoms with van der Waals surface area (Å²) in [6, 6.07) is 0. The monoisotopic (exact) mass is 252 g/mol. The number of carbonyl (C=O) groups excluding carboxylic acids is 1. The maximum atomic E-state index is 11.5. The van der Waals surface area contributed by atoms with Gasteiger partial charge in [0.2, 0.25) is 0 Å². The first-order valence-corrected chi connectivity index (χ1v) is 6.12. The van der Waals surface area contributed by atoms with E-state index in [1.165, 1.54) is 0 Å². The highest BCUT2D eigenvalue weighted by atomic mass is 35.5. The summed E-state index contributed by atoms with van der Waals surface area (Å²) in [5.74, 6) is -0.240. The molecule has 0 saturated heterocycles. The lowest BCUT2D eigenvalue weighted by Crippen LogP contribution is -2.26. The van der Waals surface area contributed by atoms with E-state index >= 15 is 0 Å². The van der Waals surface area contributed by atoms with Gasteiger partial charge in [-0.15, -0.1) is 11.6 Å². The van der Waals surface area contributed by atoms with Crippen LogP contribution in [0.15, 0.2) is 0 Å². The molecule has 0 heterocycles.